The van der Waals surface area contributed by atoms with Crippen molar-refractivity contribution in [2.24, 2.45) is 0 Å². The molecule has 17 heavy (non-hydrogen) atoms. The van der Waals surface area contributed by atoms with E-state index in [4.69, 9.17) is 10.5 Å². The van der Waals surface area contributed by atoms with Gasteiger partial charge in [-0.25, -0.2) is 4.79 Å². The number of hydrogen-bond donors (Lipinski definition) is 2. The smallest absolute Gasteiger partial charge is 0.351 e. The molecule has 2 heterocycles. The van der Waals surface area contributed by atoms with E-state index < -0.39 is 5.69 Å². The van der Waals surface area contributed by atoms with Crippen LogP contribution in [0.25, 0.3) is 0 Å². The number of nitrogens with zero attached hydrogens (tertiary/aromatic N) is 2. The van der Waals surface area contributed by atoms with Gasteiger partial charge in [0.25, 0.3) is 0 Å². The summed E-state index contributed by atoms with van der Waals surface area (Å²) in [6.45, 7) is -0.0425. The van der Waals surface area contributed by atoms with Crippen LogP contribution in [-0.4, -0.2) is 38.9 Å². The third kappa shape index (κ3) is 2.46. The van der Waals surface area contributed by atoms with Crippen LogP contribution < -0.4 is 11.4 Å². The Hall–Kier alpha value is -1.05. The van der Waals surface area contributed by atoms with Crippen LogP contribution in [0.4, 0.5) is 5.82 Å². The zero-order valence-electron chi connectivity index (χ0n) is 9.44. The van der Waals surface area contributed by atoms with Crippen LogP contribution in [0, 0.1) is 0 Å². The highest BCUT2D eigenvalue weighted by Gasteiger charge is 2.35. The van der Waals surface area contributed by atoms with Gasteiger partial charge in [-0.05, 0) is 12.3 Å². The Kier molecular flexibility index (Phi) is 3.70. The van der Waals surface area contributed by atoms with Crippen molar-refractivity contribution in [1.82, 2.24) is 9.55 Å². The van der Waals surface area contributed by atoms with Crippen molar-refractivity contribution < 1.29 is 9.84 Å². The summed E-state index contributed by atoms with van der Waals surface area (Å²) in [7, 11) is 0. The van der Waals surface area contributed by atoms with Crippen LogP contribution in [0.1, 0.15) is 12.6 Å². The quantitative estimate of drug-likeness (QED) is 0.781. The summed E-state index contributed by atoms with van der Waals surface area (Å²) in [5.74, 6) is 0.198. The fourth-order valence-corrected chi connectivity index (χ4v) is 2.74. The molecule has 0 aromatic carbocycles. The molecule has 1 aromatic rings. The largest absolute Gasteiger partial charge is 0.394 e. The fraction of sp³-hybridized carbons (Fsp3) is 0.600. The molecule has 0 unspecified atom stereocenters. The maximum absolute atomic E-state index is 11.6. The predicted molar refractivity (Wildman–Crippen MR) is 65.8 cm³/mol. The van der Waals surface area contributed by atoms with Gasteiger partial charge in [-0.2, -0.15) is 16.7 Å². The standard InChI is InChI=1S/C10H15N3O3S/c1-17-7-4-9(16-6(7)5-14)13-3-2-8(11)12-10(13)15/h2-3,6-7,9,14H,4-5H2,1H3,(H2,11,12,15)/t6-,7+,9+/m1/s1. The Balaban J connectivity index is 2.22. The van der Waals surface area contributed by atoms with Gasteiger partial charge in [-0.1, -0.05) is 0 Å². The number of aromatic nitrogens is 2. The van der Waals surface area contributed by atoms with Gasteiger partial charge in [0, 0.05) is 17.9 Å². The molecule has 2 rings (SSSR count). The summed E-state index contributed by atoms with van der Waals surface area (Å²) >= 11 is 1.63. The minimum Gasteiger partial charge on any atom is -0.394 e. The van der Waals surface area contributed by atoms with Gasteiger partial charge in [0.2, 0.25) is 0 Å². The lowest BCUT2D eigenvalue weighted by Crippen LogP contribution is -2.27. The number of rotatable bonds is 3. The molecule has 0 bridgehead atoms. The molecule has 1 aliphatic rings. The van der Waals surface area contributed by atoms with E-state index in [1.807, 2.05) is 6.26 Å². The second-order valence-electron chi connectivity index (χ2n) is 3.86. The highest BCUT2D eigenvalue weighted by molar-refractivity contribution is 7.99. The van der Waals surface area contributed by atoms with Gasteiger partial charge in [0.05, 0.1) is 12.7 Å². The van der Waals surface area contributed by atoms with Crippen LogP contribution in [0.2, 0.25) is 0 Å². The van der Waals surface area contributed by atoms with E-state index >= 15 is 0 Å². The Bertz CT molecular complexity index is 439. The first-order valence-electron chi connectivity index (χ1n) is 5.29. The molecular weight excluding hydrogens is 242 g/mol. The molecular formula is C10H15N3O3S. The first-order valence-corrected chi connectivity index (χ1v) is 6.58. The van der Waals surface area contributed by atoms with Gasteiger partial charge in [-0.15, -0.1) is 0 Å². The minimum atomic E-state index is -0.423. The Morgan fingerprint density at radius 3 is 3.06 bits per heavy atom. The van der Waals surface area contributed by atoms with Crippen molar-refractivity contribution >= 4 is 17.6 Å². The average Bonchev–Trinajstić information content (AvgIpc) is 2.72. The molecule has 0 spiro atoms. The third-order valence-electron chi connectivity index (χ3n) is 2.82. The van der Waals surface area contributed by atoms with E-state index in [0.29, 0.717) is 6.42 Å². The normalized spacial score (nSPS) is 28.5. The Morgan fingerprint density at radius 1 is 1.76 bits per heavy atom. The lowest BCUT2D eigenvalue weighted by Gasteiger charge is -2.14. The van der Waals surface area contributed by atoms with Gasteiger partial charge in [0.15, 0.2) is 0 Å². The number of ether oxygens (including phenoxy) is 1. The van der Waals surface area contributed by atoms with Gasteiger partial charge < -0.3 is 15.6 Å². The fourth-order valence-electron chi connectivity index (χ4n) is 1.93. The van der Waals surface area contributed by atoms with Crippen molar-refractivity contribution in [1.29, 1.82) is 0 Å². The molecule has 1 saturated heterocycles. The van der Waals surface area contributed by atoms with Crippen molar-refractivity contribution in [3.8, 4) is 0 Å². The van der Waals surface area contributed by atoms with Crippen LogP contribution in [0.5, 0.6) is 0 Å². The molecule has 0 radical (unpaired) electrons. The number of aliphatic hydroxyl groups is 1. The molecule has 3 atom stereocenters. The summed E-state index contributed by atoms with van der Waals surface area (Å²) < 4.78 is 7.04. The highest BCUT2D eigenvalue weighted by Crippen LogP contribution is 2.34. The SMILES string of the molecule is CS[C@H]1C[C@@H](n2ccc(N)nc2=O)O[C@@H]1CO. The number of anilines is 1. The maximum Gasteiger partial charge on any atom is 0.351 e. The molecule has 0 amide bonds. The second kappa shape index (κ2) is 5.07. The Morgan fingerprint density at radius 2 is 2.53 bits per heavy atom. The summed E-state index contributed by atoms with van der Waals surface area (Å²) in [5.41, 5.74) is 5.00. The maximum atomic E-state index is 11.6. The first kappa shape index (κ1) is 12.4. The topological polar surface area (TPSA) is 90.4 Å². The molecule has 3 N–H and O–H groups in total. The highest BCUT2D eigenvalue weighted by atomic mass is 32.2. The summed E-state index contributed by atoms with van der Waals surface area (Å²) in [4.78, 5) is 15.3. The number of nitrogen functional groups attached to an aromatic ring is 1. The van der Waals surface area contributed by atoms with Crippen LogP contribution in [-0.2, 0) is 4.74 Å². The second-order valence-corrected chi connectivity index (χ2v) is 4.94. The third-order valence-corrected chi connectivity index (χ3v) is 3.93. The predicted octanol–water partition coefficient (Wildman–Crippen LogP) is -0.163. The van der Waals surface area contributed by atoms with Crippen molar-refractivity contribution in [3.63, 3.8) is 0 Å². The monoisotopic (exact) mass is 257 g/mol. The molecule has 94 valence electrons. The van der Waals surface area contributed by atoms with Crippen LogP contribution in [0.15, 0.2) is 17.1 Å². The van der Waals surface area contributed by atoms with Gasteiger partial charge >= 0.3 is 5.69 Å². The zero-order valence-corrected chi connectivity index (χ0v) is 10.3. The van der Waals surface area contributed by atoms with E-state index in [-0.39, 0.29) is 30.0 Å². The van der Waals surface area contributed by atoms with Crippen LogP contribution in [0.3, 0.4) is 0 Å². The lowest BCUT2D eigenvalue weighted by atomic mass is 10.2. The van der Waals surface area contributed by atoms with E-state index in [0.717, 1.165) is 0 Å². The van der Waals surface area contributed by atoms with Gasteiger partial charge in [-0.3, -0.25) is 4.57 Å². The van der Waals surface area contributed by atoms with E-state index in [1.165, 1.54) is 4.57 Å². The van der Waals surface area contributed by atoms with Crippen molar-refractivity contribution in [2.45, 2.75) is 24.0 Å². The zero-order chi connectivity index (χ0) is 12.4. The molecule has 1 aliphatic heterocycles. The van der Waals surface area contributed by atoms with Crippen LogP contribution >= 0.6 is 11.8 Å². The lowest BCUT2D eigenvalue weighted by molar-refractivity contribution is -0.0236. The summed E-state index contributed by atoms with van der Waals surface area (Å²) in [5, 5.41) is 9.37. The number of aliphatic hydroxyl groups excluding tert-OH is 1. The molecule has 0 saturated carbocycles. The number of hydrogen-bond acceptors (Lipinski definition) is 6. The summed E-state index contributed by atoms with van der Waals surface area (Å²) in [6, 6.07) is 1.56. The molecule has 0 aliphatic carbocycles. The molecule has 1 fully saturated rings. The number of thioether (sulfide) groups is 1. The number of nitrogens with two attached hydrogens (primary N) is 1. The Labute approximate surface area is 103 Å². The molecule has 7 heteroatoms. The molecule has 1 aromatic heterocycles. The average molecular weight is 257 g/mol. The van der Waals surface area contributed by atoms with Crippen molar-refractivity contribution in [2.75, 3.05) is 18.6 Å². The molecule has 6 nitrogen and oxygen atoms in total. The van der Waals surface area contributed by atoms with Gasteiger partial charge in [0.1, 0.15) is 12.0 Å². The van der Waals surface area contributed by atoms with E-state index in [1.54, 1.807) is 24.0 Å². The summed E-state index contributed by atoms with van der Waals surface area (Å²) in [6.07, 6.45) is 3.61. The van der Waals surface area contributed by atoms with E-state index in [9.17, 15) is 9.90 Å². The first-order chi connectivity index (χ1) is 8.15. The minimum absolute atomic E-state index is 0.0425. The van der Waals surface area contributed by atoms with E-state index in [2.05, 4.69) is 4.98 Å². The van der Waals surface area contributed by atoms with Crippen molar-refractivity contribution in [3.05, 3.63) is 22.7 Å².